The molecule has 0 atom stereocenters. The summed E-state index contributed by atoms with van der Waals surface area (Å²) in [6.07, 6.45) is 0. The molecular weight excluding hydrogens is 284 g/mol. The second kappa shape index (κ2) is 6.26. The molecule has 0 spiro atoms. The molecule has 6 heteroatoms. The van der Waals surface area contributed by atoms with Gasteiger partial charge in [-0.25, -0.2) is 0 Å². The van der Waals surface area contributed by atoms with E-state index in [1.807, 2.05) is 6.92 Å². The number of hydrogen-bond donors (Lipinski definition) is 1. The first kappa shape index (κ1) is 15.5. The van der Waals surface area contributed by atoms with Gasteiger partial charge in [0.15, 0.2) is 0 Å². The SMILES string of the molecule is COc1cc(C(=O)Nc2cc([N+](=O)[O-])ccc2C)ccc1C. The van der Waals surface area contributed by atoms with Crippen LogP contribution in [0.2, 0.25) is 0 Å². The minimum Gasteiger partial charge on any atom is -0.496 e. The number of amides is 1. The summed E-state index contributed by atoms with van der Waals surface area (Å²) in [7, 11) is 1.54. The van der Waals surface area contributed by atoms with E-state index in [0.717, 1.165) is 11.1 Å². The van der Waals surface area contributed by atoms with Gasteiger partial charge < -0.3 is 10.1 Å². The zero-order chi connectivity index (χ0) is 16.3. The number of carbonyl (C=O) groups is 1. The van der Waals surface area contributed by atoms with E-state index < -0.39 is 4.92 Å². The Morgan fingerprint density at radius 1 is 1.14 bits per heavy atom. The number of ether oxygens (including phenoxy) is 1. The van der Waals surface area contributed by atoms with Crippen molar-refractivity contribution >= 4 is 17.3 Å². The molecule has 0 heterocycles. The van der Waals surface area contributed by atoms with E-state index in [1.165, 1.54) is 19.2 Å². The van der Waals surface area contributed by atoms with Gasteiger partial charge in [-0.15, -0.1) is 0 Å². The summed E-state index contributed by atoms with van der Waals surface area (Å²) in [5.74, 6) is 0.269. The van der Waals surface area contributed by atoms with Crippen LogP contribution in [0.5, 0.6) is 5.75 Å². The van der Waals surface area contributed by atoms with E-state index in [1.54, 1.807) is 31.2 Å². The summed E-state index contributed by atoms with van der Waals surface area (Å²) < 4.78 is 5.19. The number of nitro benzene ring substituents is 1. The third-order valence-corrected chi connectivity index (χ3v) is 3.35. The van der Waals surface area contributed by atoms with Crippen molar-refractivity contribution in [2.75, 3.05) is 12.4 Å². The zero-order valence-electron chi connectivity index (χ0n) is 12.5. The number of anilines is 1. The Morgan fingerprint density at radius 2 is 1.82 bits per heavy atom. The fourth-order valence-corrected chi connectivity index (χ4v) is 2.01. The molecule has 0 radical (unpaired) electrons. The van der Waals surface area contributed by atoms with Gasteiger partial charge in [0, 0.05) is 17.7 Å². The van der Waals surface area contributed by atoms with Crippen LogP contribution in [-0.2, 0) is 0 Å². The molecule has 0 unspecified atom stereocenters. The molecule has 6 nitrogen and oxygen atoms in total. The molecular formula is C16H16N2O4. The lowest BCUT2D eigenvalue weighted by Gasteiger charge is -2.10. The van der Waals surface area contributed by atoms with Gasteiger partial charge in [-0.1, -0.05) is 12.1 Å². The van der Waals surface area contributed by atoms with Gasteiger partial charge in [0.05, 0.1) is 17.7 Å². The Bertz CT molecular complexity index is 741. The third kappa shape index (κ3) is 3.22. The fourth-order valence-electron chi connectivity index (χ4n) is 2.01. The minimum atomic E-state index is -0.496. The van der Waals surface area contributed by atoms with Crippen LogP contribution in [0.25, 0.3) is 0 Å². The lowest BCUT2D eigenvalue weighted by molar-refractivity contribution is -0.384. The normalized spacial score (nSPS) is 10.1. The molecule has 114 valence electrons. The highest BCUT2D eigenvalue weighted by Crippen LogP contribution is 2.24. The van der Waals surface area contributed by atoms with Crippen LogP contribution in [0.3, 0.4) is 0 Å². The van der Waals surface area contributed by atoms with Crippen LogP contribution in [0.15, 0.2) is 36.4 Å². The standard InChI is InChI=1S/C16H16N2O4/c1-10-5-7-13(18(20)21)9-14(10)17-16(19)12-6-4-11(2)15(8-12)22-3/h4-9H,1-3H3,(H,17,19). The number of non-ortho nitro benzene ring substituents is 1. The van der Waals surface area contributed by atoms with Crippen molar-refractivity contribution in [1.29, 1.82) is 0 Å². The summed E-state index contributed by atoms with van der Waals surface area (Å²) >= 11 is 0. The van der Waals surface area contributed by atoms with Gasteiger partial charge >= 0.3 is 0 Å². The van der Waals surface area contributed by atoms with Crippen LogP contribution in [0.1, 0.15) is 21.5 Å². The summed E-state index contributed by atoms with van der Waals surface area (Å²) in [5.41, 5.74) is 2.44. The van der Waals surface area contributed by atoms with E-state index in [-0.39, 0.29) is 11.6 Å². The van der Waals surface area contributed by atoms with Gasteiger partial charge in [-0.05, 0) is 37.1 Å². The van der Waals surface area contributed by atoms with E-state index in [4.69, 9.17) is 4.74 Å². The summed E-state index contributed by atoms with van der Waals surface area (Å²) in [6, 6.07) is 9.45. The first-order chi connectivity index (χ1) is 10.4. The maximum absolute atomic E-state index is 12.3. The summed E-state index contributed by atoms with van der Waals surface area (Å²) in [4.78, 5) is 22.6. The van der Waals surface area contributed by atoms with Crippen molar-refractivity contribution in [2.24, 2.45) is 0 Å². The molecule has 0 aliphatic rings. The Labute approximate surface area is 127 Å². The minimum absolute atomic E-state index is 0.0672. The lowest BCUT2D eigenvalue weighted by atomic mass is 10.1. The lowest BCUT2D eigenvalue weighted by Crippen LogP contribution is -2.13. The second-order valence-corrected chi connectivity index (χ2v) is 4.89. The number of aryl methyl sites for hydroxylation is 2. The van der Waals surface area contributed by atoms with Crippen molar-refractivity contribution < 1.29 is 14.5 Å². The van der Waals surface area contributed by atoms with Gasteiger partial charge in [-0.2, -0.15) is 0 Å². The molecule has 0 fully saturated rings. The second-order valence-electron chi connectivity index (χ2n) is 4.89. The highest BCUT2D eigenvalue weighted by molar-refractivity contribution is 6.05. The molecule has 0 bridgehead atoms. The van der Waals surface area contributed by atoms with Crippen molar-refractivity contribution in [3.63, 3.8) is 0 Å². The zero-order valence-corrected chi connectivity index (χ0v) is 12.5. The predicted molar refractivity (Wildman–Crippen MR) is 83.5 cm³/mol. The third-order valence-electron chi connectivity index (χ3n) is 3.35. The van der Waals surface area contributed by atoms with Crippen molar-refractivity contribution in [2.45, 2.75) is 13.8 Å². The molecule has 2 aromatic rings. The highest BCUT2D eigenvalue weighted by Gasteiger charge is 2.13. The number of hydrogen-bond acceptors (Lipinski definition) is 4. The molecule has 1 amide bonds. The number of carbonyl (C=O) groups excluding carboxylic acids is 1. The summed E-state index contributed by atoms with van der Waals surface area (Å²) in [6.45, 7) is 3.65. The number of rotatable bonds is 4. The number of benzene rings is 2. The van der Waals surface area contributed by atoms with Crippen molar-refractivity contribution in [3.8, 4) is 5.75 Å². The van der Waals surface area contributed by atoms with Crippen LogP contribution in [-0.4, -0.2) is 17.9 Å². The molecule has 0 aliphatic heterocycles. The Balaban J connectivity index is 2.29. The number of nitrogens with one attached hydrogen (secondary N) is 1. The van der Waals surface area contributed by atoms with Gasteiger partial charge in [0.1, 0.15) is 5.75 Å². The topological polar surface area (TPSA) is 81.5 Å². The van der Waals surface area contributed by atoms with E-state index >= 15 is 0 Å². The maximum atomic E-state index is 12.3. The number of nitro groups is 1. The van der Waals surface area contributed by atoms with E-state index in [9.17, 15) is 14.9 Å². The molecule has 0 aliphatic carbocycles. The largest absolute Gasteiger partial charge is 0.496 e. The quantitative estimate of drug-likeness (QED) is 0.692. The van der Waals surface area contributed by atoms with Gasteiger partial charge in [0.25, 0.3) is 11.6 Å². The van der Waals surface area contributed by atoms with Crippen LogP contribution in [0.4, 0.5) is 11.4 Å². The Morgan fingerprint density at radius 3 is 2.45 bits per heavy atom. The predicted octanol–water partition coefficient (Wildman–Crippen LogP) is 3.47. The Hall–Kier alpha value is -2.89. The maximum Gasteiger partial charge on any atom is 0.271 e. The van der Waals surface area contributed by atoms with Crippen molar-refractivity contribution in [1.82, 2.24) is 0 Å². The first-order valence-electron chi connectivity index (χ1n) is 6.63. The summed E-state index contributed by atoms with van der Waals surface area (Å²) in [5, 5.41) is 13.5. The van der Waals surface area contributed by atoms with Gasteiger partial charge in [-0.3, -0.25) is 14.9 Å². The van der Waals surface area contributed by atoms with Crippen LogP contribution < -0.4 is 10.1 Å². The molecule has 2 rings (SSSR count). The molecule has 2 aromatic carbocycles. The fraction of sp³-hybridized carbons (Fsp3) is 0.188. The number of nitrogens with zero attached hydrogens (tertiary/aromatic N) is 1. The molecule has 0 aromatic heterocycles. The first-order valence-corrected chi connectivity index (χ1v) is 6.63. The average molecular weight is 300 g/mol. The monoisotopic (exact) mass is 300 g/mol. The molecule has 22 heavy (non-hydrogen) atoms. The molecule has 0 saturated heterocycles. The van der Waals surface area contributed by atoms with Crippen LogP contribution >= 0.6 is 0 Å². The smallest absolute Gasteiger partial charge is 0.271 e. The highest BCUT2D eigenvalue weighted by atomic mass is 16.6. The van der Waals surface area contributed by atoms with Gasteiger partial charge in [0.2, 0.25) is 0 Å². The average Bonchev–Trinajstić information content (AvgIpc) is 2.49. The molecule has 0 saturated carbocycles. The number of methoxy groups -OCH3 is 1. The van der Waals surface area contributed by atoms with E-state index in [0.29, 0.717) is 17.0 Å². The van der Waals surface area contributed by atoms with Crippen LogP contribution in [0, 0.1) is 24.0 Å². The van der Waals surface area contributed by atoms with Crippen molar-refractivity contribution in [3.05, 3.63) is 63.2 Å². The Kier molecular flexibility index (Phi) is 4.41. The molecule has 1 N–H and O–H groups in total. The van der Waals surface area contributed by atoms with E-state index in [2.05, 4.69) is 5.32 Å².